The molecule has 0 radical (unpaired) electrons. The number of anilines is 1. The molecule has 0 heterocycles. The second-order valence-electron chi connectivity index (χ2n) is 3.49. The van der Waals surface area contributed by atoms with E-state index in [0.717, 1.165) is 0 Å². The number of nitrogens with one attached hydrogen (secondary N) is 2. The monoisotopic (exact) mass is 328 g/mol. The average molecular weight is 330 g/mol. The van der Waals surface area contributed by atoms with Gasteiger partial charge in [0.25, 0.3) is 0 Å². The molecule has 0 spiro atoms. The Balaban J connectivity index is 2.75. The van der Waals surface area contributed by atoms with Gasteiger partial charge in [-0.3, -0.25) is 5.32 Å². The first-order chi connectivity index (χ1) is 8.82. The molecule has 1 amide bonds. The lowest BCUT2D eigenvalue weighted by Gasteiger charge is -2.26. The number of ether oxygens (including phenoxy) is 1. The summed E-state index contributed by atoms with van der Waals surface area (Å²) >= 11 is 17.2. The van der Waals surface area contributed by atoms with Crippen LogP contribution in [-0.2, 0) is 4.74 Å². The molecule has 0 fully saturated rings. The highest BCUT2D eigenvalue weighted by Crippen LogP contribution is 2.31. The Morgan fingerprint density at radius 3 is 2.42 bits per heavy atom. The van der Waals surface area contributed by atoms with E-state index in [2.05, 4.69) is 10.6 Å². The fourth-order valence-corrected chi connectivity index (χ4v) is 1.53. The molecule has 0 aliphatic rings. The van der Waals surface area contributed by atoms with Gasteiger partial charge in [-0.1, -0.05) is 34.8 Å². The lowest BCUT2D eigenvalue weighted by atomic mass is 10.3. The summed E-state index contributed by atoms with van der Waals surface area (Å²) in [5, 5.41) is 5.12. The highest BCUT2D eigenvalue weighted by molar-refractivity contribution is 6.68. The Labute approximate surface area is 125 Å². The van der Waals surface area contributed by atoms with Crippen LogP contribution in [0.15, 0.2) is 24.3 Å². The highest BCUT2D eigenvalue weighted by Gasteiger charge is 2.34. The molecular formula is C11H12Cl3FN2O2. The van der Waals surface area contributed by atoms with Crippen LogP contribution in [0.2, 0.25) is 0 Å². The molecule has 2 N–H and O–H groups in total. The molecule has 1 atom stereocenters. The van der Waals surface area contributed by atoms with E-state index < -0.39 is 21.9 Å². The smallest absolute Gasteiger partial charge is 0.408 e. The molecule has 0 aliphatic carbocycles. The molecule has 1 aromatic carbocycles. The summed E-state index contributed by atoms with van der Waals surface area (Å²) in [6, 6.07) is 5.38. The fraction of sp³-hybridized carbons (Fsp3) is 0.364. The number of carbonyl (C=O) groups excluding carboxylic acids is 1. The molecule has 1 rings (SSSR count). The van der Waals surface area contributed by atoms with Crippen molar-refractivity contribution >= 4 is 46.6 Å². The minimum atomic E-state index is -1.80. The van der Waals surface area contributed by atoms with Crippen LogP contribution in [0.3, 0.4) is 0 Å². The summed E-state index contributed by atoms with van der Waals surface area (Å²) in [5.74, 6) is -0.394. The summed E-state index contributed by atoms with van der Waals surface area (Å²) in [6.07, 6.45) is -1.75. The molecule has 106 valence electrons. The number of benzene rings is 1. The molecule has 1 aromatic rings. The summed E-state index contributed by atoms with van der Waals surface area (Å²) in [4.78, 5) is 11.3. The van der Waals surface area contributed by atoms with Crippen LogP contribution >= 0.6 is 34.8 Å². The van der Waals surface area contributed by atoms with Crippen molar-refractivity contribution in [2.24, 2.45) is 0 Å². The predicted molar refractivity (Wildman–Crippen MR) is 74.3 cm³/mol. The van der Waals surface area contributed by atoms with E-state index in [4.69, 9.17) is 39.5 Å². The zero-order valence-corrected chi connectivity index (χ0v) is 12.2. The molecule has 0 unspecified atom stereocenters. The quantitative estimate of drug-likeness (QED) is 0.654. The van der Waals surface area contributed by atoms with Gasteiger partial charge in [0.2, 0.25) is 3.79 Å². The van der Waals surface area contributed by atoms with Crippen LogP contribution in [0.5, 0.6) is 0 Å². The van der Waals surface area contributed by atoms with Gasteiger partial charge in [-0.05, 0) is 31.2 Å². The third-order valence-corrected chi connectivity index (χ3v) is 2.67. The van der Waals surface area contributed by atoms with E-state index in [1.165, 1.54) is 24.3 Å². The minimum Gasteiger partial charge on any atom is -0.450 e. The minimum absolute atomic E-state index is 0.189. The first kappa shape index (κ1) is 16.1. The van der Waals surface area contributed by atoms with Gasteiger partial charge in [0.1, 0.15) is 12.0 Å². The molecule has 0 aromatic heterocycles. The van der Waals surface area contributed by atoms with Gasteiger partial charge >= 0.3 is 6.09 Å². The lowest BCUT2D eigenvalue weighted by molar-refractivity contribution is 0.149. The summed E-state index contributed by atoms with van der Waals surface area (Å²) < 4.78 is 15.7. The second kappa shape index (κ2) is 7.03. The Bertz CT molecular complexity index is 423. The third-order valence-electron chi connectivity index (χ3n) is 2.02. The Morgan fingerprint density at radius 1 is 1.37 bits per heavy atom. The van der Waals surface area contributed by atoms with E-state index in [1.807, 2.05) is 0 Å². The molecule has 0 bridgehead atoms. The number of alkyl carbamates (subject to hydrolysis) is 1. The van der Waals surface area contributed by atoms with Gasteiger partial charge in [-0.15, -0.1) is 0 Å². The number of rotatable bonds is 4. The maximum atomic E-state index is 12.8. The topological polar surface area (TPSA) is 50.4 Å². The SMILES string of the molecule is CCOC(=O)N[C@@H](Nc1ccc(F)cc1)C(Cl)(Cl)Cl. The van der Waals surface area contributed by atoms with Gasteiger partial charge in [-0.25, -0.2) is 9.18 Å². The van der Waals surface area contributed by atoms with Gasteiger partial charge < -0.3 is 10.1 Å². The molecule has 0 aliphatic heterocycles. The zero-order chi connectivity index (χ0) is 14.5. The Morgan fingerprint density at radius 2 is 1.95 bits per heavy atom. The van der Waals surface area contributed by atoms with Crippen LogP contribution < -0.4 is 10.6 Å². The van der Waals surface area contributed by atoms with Gasteiger partial charge in [0, 0.05) is 5.69 Å². The van der Waals surface area contributed by atoms with Gasteiger partial charge in [-0.2, -0.15) is 0 Å². The van der Waals surface area contributed by atoms with Crippen molar-refractivity contribution in [2.75, 3.05) is 11.9 Å². The maximum absolute atomic E-state index is 12.8. The van der Waals surface area contributed by atoms with Crippen molar-refractivity contribution in [3.63, 3.8) is 0 Å². The standard InChI is InChI=1S/C11H12Cl3FN2O2/c1-2-19-10(18)17-9(11(12,13)14)16-8-5-3-7(15)4-6-8/h3-6,9,16H,2H2,1H3,(H,17,18)/t9-/m1/s1. The van der Waals surface area contributed by atoms with Gasteiger partial charge in [0.15, 0.2) is 0 Å². The summed E-state index contributed by atoms with van der Waals surface area (Å²) in [6.45, 7) is 1.84. The third kappa shape index (κ3) is 5.72. The van der Waals surface area contributed by atoms with Crippen molar-refractivity contribution < 1.29 is 13.9 Å². The lowest BCUT2D eigenvalue weighted by Crippen LogP contribution is -2.49. The zero-order valence-electron chi connectivity index (χ0n) is 9.92. The van der Waals surface area contributed by atoms with E-state index in [-0.39, 0.29) is 6.61 Å². The van der Waals surface area contributed by atoms with Crippen molar-refractivity contribution in [1.82, 2.24) is 5.32 Å². The van der Waals surface area contributed by atoms with Crippen LogP contribution in [0.4, 0.5) is 14.9 Å². The van der Waals surface area contributed by atoms with Crippen LogP contribution in [0.25, 0.3) is 0 Å². The van der Waals surface area contributed by atoms with Gasteiger partial charge in [0.05, 0.1) is 6.61 Å². The number of carbonyl (C=O) groups is 1. The van der Waals surface area contributed by atoms with Crippen molar-refractivity contribution in [3.8, 4) is 0 Å². The average Bonchev–Trinajstić information content (AvgIpc) is 2.30. The van der Waals surface area contributed by atoms with E-state index in [9.17, 15) is 9.18 Å². The largest absolute Gasteiger partial charge is 0.450 e. The summed E-state index contributed by atoms with van der Waals surface area (Å²) in [7, 11) is 0. The predicted octanol–water partition coefficient (Wildman–Crippen LogP) is 3.68. The molecule has 0 saturated heterocycles. The molecule has 8 heteroatoms. The number of hydrogen-bond donors (Lipinski definition) is 2. The Kier molecular flexibility index (Phi) is 5.97. The van der Waals surface area contributed by atoms with Crippen LogP contribution in [-0.4, -0.2) is 22.7 Å². The van der Waals surface area contributed by atoms with Crippen molar-refractivity contribution in [2.45, 2.75) is 16.9 Å². The number of hydrogen-bond acceptors (Lipinski definition) is 3. The number of amides is 1. The van der Waals surface area contributed by atoms with Crippen LogP contribution in [0.1, 0.15) is 6.92 Å². The molecule has 0 saturated carbocycles. The first-order valence-corrected chi connectivity index (χ1v) is 6.48. The van der Waals surface area contributed by atoms with E-state index in [1.54, 1.807) is 6.92 Å². The van der Waals surface area contributed by atoms with Crippen LogP contribution in [0, 0.1) is 5.82 Å². The second-order valence-corrected chi connectivity index (χ2v) is 5.86. The van der Waals surface area contributed by atoms with E-state index >= 15 is 0 Å². The number of halogens is 4. The fourth-order valence-electron chi connectivity index (χ4n) is 1.20. The summed E-state index contributed by atoms with van der Waals surface area (Å²) in [5.41, 5.74) is 0.481. The van der Waals surface area contributed by atoms with E-state index in [0.29, 0.717) is 5.69 Å². The first-order valence-electron chi connectivity index (χ1n) is 5.35. The Hall–Kier alpha value is -0.910. The number of alkyl halides is 3. The normalized spacial score (nSPS) is 12.7. The van der Waals surface area contributed by atoms with Crippen molar-refractivity contribution in [3.05, 3.63) is 30.1 Å². The van der Waals surface area contributed by atoms with Crippen molar-refractivity contribution in [1.29, 1.82) is 0 Å². The maximum Gasteiger partial charge on any atom is 0.408 e. The molecule has 19 heavy (non-hydrogen) atoms. The molecular weight excluding hydrogens is 317 g/mol. The highest BCUT2D eigenvalue weighted by atomic mass is 35.6. The molecule has 4 nitrogen and oxygen atoms in total.